The fourth-order valence-electron chi connectivity index (χ4n) is 2.66. The molecular weight excluding hydrogens is 344 g/mol. The molecule has 0 spiro atoms. The van der Waals surface area contributed by atoms with Crippen molar-refractivity contribution < 1.29 is 14.0 Å². The summed E-state index contributed by atoms with van der Waals surface area (Å²) in [4.78, 5) is 27.9. The Hall–Kier alpha value is -1.73. The van der Waals surface area contributed by atoms with E-state index in [4.69, 9.17) is 4.42 Å². The van der Waals surface area contributed by atoms with E-state index in [0.29, 0.717) is 17.2 Å². The zero-order chi connectivity index (χ0) is 16.9. The molecule has 3 rings (SSSR count). The van der Waals surface area contributed by atoms with E-state index in [2.05, 4.69) is 12.2 Å². The van der Waals surface area contributed by atoms with Crippen molar-refractivity contribution in [2.24, 2.45) is 0 Å². The smallest absolute Gasteiger partial charge is 0.265 e. The molecule has 0 aromatic carbocycles. The Labute approximate surface area is 149 Å². The number of unbranched alkanes of at least 4 members (excludes halogenated alkanes) is 1. The highest BCUT2D eigenvalue weighted by molar-refractivity contribution is 7.99. The number of nitrogens with zero attached hydrogens (tertiary/aromatic N) is 1. The molecule has 2 aromatic heterocycles. The summed E-state index contributed by atoms with van der Waals surface area (Å²) in [7, 11) is 0. The van der Waals surface area contributed by atoms with Crippen LogP contribution in [0.25, 0.3) is 0 Å². The zero-order valence-corrected chi connectivity index (χ0v) is 15.1. The Morgan fingerprint density at radius 1 is 1.42 bits per heavy atom. The van der Waals surface area contributed by atoms with Gasteiger partial charge in [0.15, 0.2) is 0 Å². The van der Waals surface area contributed by atoms with Crippen LogP contribution in [0.5, 0.6) is 0 Å². The standard InChI is InChI=1S/C17H20N2O3S2/c1-2-3-7-18-15(20)13-11-24-17(12-6-8-22-10-12)19(13)16(21)14-5-4-9-23-14/h4-6,8-10,13,17H,2-3,7,11H2,1H3,(H,18,20). The van der Waals surface area contributed by atoms with Crippen molar-refractivity contribution in [3.63, 3.8) is 0 Å². The predicted molar refractivity (Wildman–Crippen MR) is 96.1 cm³/mol. The number of hydrogen-bond acceptors (Lipinski definition) is 5. The molecular formula is C17H20N2O3S2. The first-order chi connectivity index (χ1) is 11.7. The minimum Gasteiger partial charge on any atom is -0.472 e. The molecule has 2 atom stereocenters. The van der Waals surface area contributed by atoms with Crippen molar-refractivity contribution in [3.05, 3.63) is 46.5 Å². The van der Waals surface area contributed by atoms with E-state index in [1.165, 1.54) is 11.3 Å². The van der Waals surface area contributed by atoms with Crippen molar-refractivity contribution in [3.8, 4) is 0 Å². The summed E-state index contributed by atoms with van der Waals surface area (Å²) in [6, 6.07) is 5.05. The number of hydrogen-bond donors (Lipinski definition) is 1. The van der Waals surface area contributed by atoms with Gasteiger partial charge >= 0.3 is 0 Å². The Balaban J connectivity index is 1.82. The van der Waals surface area contributed by atoms with E-state index in [9.17, 15) is 9.59 Å². The predicted octanol–water partition coefficient (Wildman–Crippen LogP) is 3.51. The second kappa shape index (κ2) is 7.90. The van der Waals surface area contributed by atoms with Gasteiger partial charge in [-0.25, -0.2) is 0 Å². The molecule has 0 bridgehead atoms. The van der Waals surface area contributed by atoms with E-state index in [1.54, 1.807) is 35.3 Å². The van der Waals surface area contributed by atoms with Gasteiger partial charge in [-0.15, -0.1) is 23.1 Å². The summed E-state index contributed by atoms with van der Waals surface area (Å²) in [5, 5.41) is 4.64. The molecule has 2 amide bonds. The third-order valence-electron chi connectivity index (χ3n) is 3.93. The molecule has 3 heterocycles. The number of rotatable bonds is 6. The first kappa shape index (κ1) is 17.1. The van der Waals surface area contributed by atoms with Gasteiger partial charge in [-0.3, -0.25) is 9.59 Å². The lowest BCUT2D eigenvalue weighted by molar-refractivity contribution is -0.124. The summed E-state index contributed by atoms with van der Waals surface area (Å²) in [6.45, 7) is 2.73. The average molecular weight is 364 g/mol. The van der Waals surface area contributed by atoms with E-state index in [-0.39, 0.29) is 17.2 Å². The van der Waals surface area contributed by atoms with Crippen LogP contribution < -0.4 is 5.32 Å². The van der Waals surface area contributed by atoms with Gasteiger partial charge in [-0.2, -0.15) is 0 Å². The van der Waals surface area contributed by atoms with Crippen LogP contribution in [0.15, 0.2) is 40.5 Å². The van der Waals surface area contributed by atoms with Crippen LogP contribution in [0.3, 0.4) is 0 Å². The summed E-state index contributed by atoms with van der Waals surface area (Å²) < 4.78 is 5.17. The van der Waals surface area contributed by atoms with Crippen molar-refractivity contribution >= 4 is 34.9 Å². The first-order valence-corrected chi connectivity index (χ1v) is 9.92. The minimum atomic E-state index is -0.457. The summed E-state index contributed by atoms with van der Waals surface area (Å²) in [5.74, 6) is 0.411. The van der Waals surface area contributed by atoms with E-state index < -0.39 is 6.04 Å². The van der Waals surface area contributed by atoms with Gasteiger partial charge in [0.1, 0.15) is 11.4 Å². The molecule has 5 nitrogen and oxygen atoms in total. The van der Waals surface area contributed by atoms with Gasteiger partial charge < -0.3 is 14.6 Å². The second-order valence-electron chi connectivity index (χ2n) is 5.59. The molecule has 0 saturated carbocycles. The lowest BCUT2D eigenvalue weighted by atomic mass is 10.2. The maximum Gasteiger partial charge on any atom is 0.265 e. The molecule has 1 fully saturated rings. The maximum absolute atomic E-state index is 13.0. The van der Waals surface area contributed by atoms with Gasteiger partial charge in [-0.05, 0) is 23.9 Å². The molecule has 1 N–H and O–H groups in total. The molecule has 2 unspecified atom stereocenters. The van der Waals surface area contributed by atoms with Gasteiger partial charge in [0, 0.05) is 17.9 Å². The van der Waals surface area contributed by atoms with Crippen LogP contribution in [-0.2, 0) is 4.79 Å². The van der Waals surface area contributed by atoms with Gasteiger partial charge in [0.25, 0.3) is 5.91 Å². The van der Waals surface area contributed by atoms with E-state index in [1.807, 2.05) is 17.5 Å². The second-order valence-corrected chi connectivity index (χ2v) is 7.65. The van der Waals surface area contributed by atoms with Crippen LogP contribution in [0.2, 0.25) is 0 Å². The van der Waals surface area contributed by atoms with Crippen LogP contribution in [0.1, 0.15) is 40.4 Å². The van der Waals surface area contributed by atoms with Crippen LogP contribution in [0.4, 0.5) is 0 Å². The number of carbonyl (C=O) groups excluding carboxylic acids is 2. The Morgan fingerprint density at radius 2 is 2.29 bits per heavy atom. The molecule has 1 aliphatic rings. The molecule has 7 heteroatoms. The van der Waals surface area contributed by atoms with Gasteiger partial charge in [0.2, 0.25) is 5.91 Å². The fourth-order valence-corrected chi connectivity index (χ4v) is 4.74. The molecule has 1 aliphatic heterocycles. The van der Waals surface area contributed by atoms with Crippen molar-refractivity contribution in [1.82, 2.24) is 10.2 Å². The van der Waals surface area contributed by atoms with Crippen LogP contribution in [-0.4, -0.2) is 35.1 Å². The summed E-state index contributed by atoms with van der Waals surface area (Å²) >= 11 is 3.00. The molecule has 128 valence electrons. The lowest BCUT2D eigenvalue weighted by Crippen LogP contribution is -2.48. The number of carbonyl (C=O) groups is 2. The highest BCUT2D eigenvalue weighted by atomic mass is 32.2. The SMILES string of the molecule is CCCCNC(=O)C1CSC(c2ccoc2)N1C(=O)c1cccs1. The molecule has 0 aliphatic carbocycles. The highest BCUT2D eigenvalue weighted by Crippen LogP contribution is 2.42. The van der Waals surface area contributed by atoms with E-state index >= 15 is 0 Å². The summed E-state index contributed by atoms with van der Waals surface area (Å²) in [5.41, 5.74) is 0.911. The largest absolute Gasteiger partial charge is 0.472 e. The number of nitrogens with one attached hydrogen (secondary N) is 1. The normalized spacial score (nSPS) is 20.3. The number of thioether (sulfide) groups is 1. The maximum atomic E-state index is 13.0. The van der Waals surface area contributed by atoms with Crippen molar-refractivity contribution in [2.45, 2.75) is 31.2 Å². The van der Waals surface area contributed by atoms with E-state index in [0.717, 1.165) is 18.4 Å². The minimum absolute atomic E-state index is 0.0770. The van der Waals surface area contributed by atoms with Gasteiger partial charge in [-0.1, -0.05) is 19.4 Å². The summed E-state index contributed by atoms with van der Waals surface area (Å²) in [6.07, 6.45) is 5.20. The quantitative estimate of drug-likeness (QED) is 0.797. The third kappa shape index (κ3) is 3.52. The Bertz CT molecular complexity index is 670. The zero-order valence-electron chi connectivity index (χ0n) is 13.4. The average Bonchev–Trinajstić information content (AvgIpc) is 3.34. The fraction of sp³-hybridized carbons (Fsp3) is 0.412. The lowest BCUT2D eigenvalue weighted by Gasteiger charge is -2.27. The number of furan rings is 1. The van der Waals surface area contributed by atoms with Gasteiger partial charge in [0.05, 0.1) is 17.4 Å². The monoisotopic (exact) mass is 364 g/mol. The van der Waals surface area contributed by atoms with Crippen LogP contribution >= 0.6 is 23.1 Å². The van der Waals surface area contributed by atoms with Crippen molar-refractivity contribution in [1.29, 1.82) is 0 Å². The topological polar surface area (TPSA) is 62.6 Å². The Morgan fingerprint density at radius 3 is 2.96 bits per heavy atom. The number of amides is 2. The molecule has 2 aromatic rings. The first-order valence-electron chi connectivity index (χ1n) is 8.00. The molecule has 24 heavy (non-hydrogen) atoms. The third-order valence-corrected chi connectivity index (χ3v) is 6.11. The number of thiophene rings is 1. The Kier molecular flexibility index (Phi) is 5.63. The van der Waals surface area contributed by atoms with Crippen LogP contribution in [0, 0.1) is 0 Å². The van der Waals surface area contributed by atoms with Crippen molar-refractivity contribution in [2.75, 3.05) is 12.3 Å². The highest BCUT2D eigenvalue weighted by Gasteiger charge is 2.43. The molecule has 0 radical (unpaired) electrons. The molecule has 1 saturated heterocycles.